The summed E-state index contributed by atoms with van der Waals surface area (Å²) in [6.07, 6.45) is 5.43. The molecule has 0 saturated carbocycles. The summed E-state index contributed by atoms with van der Waals surface area (Å²) >= 11 is 0. The van der Waals surface area contributed by atoms with Gasteiger partial charge in [-0.3, -0.25) is 9.69 Å². The van der Waals surface area contributed by atoms with Crippen LogP contribution in [0.2, 0.25) is 0 Å². The van der Waals surface area contributed by atoms with Crippen LogP contribution in [0.4, 0.5) is 0 Å². The Hall–Kier alpha value is -0.400. The summed E-state index contributed by atoms with van der Waals surface area (Å²) in [6.45, 7) is 7.72. The lowest BCUT2D eigenvalue weighted by Crippen LogP contribution is -2.56. The molecule has 1 amide bonds. The molecule has 0 unspecified atom stereocenters. The van der Waals surface area contributed by atoms with E-state index < -0.39 is 0 Å². The fourth-order valence-electron chi connectivity index (χ4n) is 4.34. The maximum absolute atomic E-state index is 12.6. The highest BCUT2D eigenvalue weighted by molar-refractivity contribution is 5.85. The Morgan fingerprint density at radius 2 is 1.64 bits per heavy atom. The Kier molecular flexibility index (Phi) is 8.42. The van der Waals surface area contributed by atoms with E-state index in [-0.39, 0.29) is 24.4 Å². The first kappa shape index (κ1) is 20.9. The number of nitrogens with two attached hydrogens (primary N) is 1. The number of rotatable bonds is 4. The predicted octanol–water partition coefficient (Wildman–Crippen LogP) is 0.791. The van der Waals surface area contributed by atoms with E-state index in [1.165, 1.54) is 25.9 Å². The number of hydrogen-bond donors (Lipinski definition) is 1. The number of carbonyl (C=O) groups is 1. The largest absolute Gasteiger partial charge is 0.381 e. The molecule has 3 saturated heterocycles. The van der Waals surface area contributed by atoms with Crippen LogP contribution in [0.1, 0.15) is 32.1 Å². The third-order valence-corrected chi connectivity index (χ3v) is 6.08. The Bertz CT molecular complexity index is 404. The molecular formula is C18H35ClN4O2. The number of likely N-dealkylation sites (tertiary alicyclic amines) is 1. The van der Waals surface area contributed by atoms with E-state index >= 15 is 0 Å². The quantitative estimate of drug-likeness (QED) is 0.788. The van der Waals surface area contributed by atoms with Crippen LogP contribution in [-0.4, -0.2) is 92.2 Å². The van der Waals surface area contributed by atoms with E-state index in [9.17, 15) is 4.79 Å². The van der Waals surface area contributed by atoms with Crippen molar-refractivity contribution in [1.29, 1.82) is 0 Å². The van der Waals surface area contributed by atoms with Gasteiger partial charge in [-0.2, -0.15) is 0 Å². The van der Waals surface area contributed by atoms with Crippen molar-refractivity contribution in [1.82, 2.24) is 14.7 Å². The summed E-state index contributed by atoms with van der Waals surface area (Å²) in [6, 6.07) is 0.373. The summed E-state index contributed by atoms with van der Waals surface area (Å²) in [7, 11) is 2.20. The number of halogens is 1. The Labute approximate surface area is 158 Å². The third-order valence-electron chi connectivity index (χ3n) is 6.08. The SMILES string of the molecule is CN1CCC(N2CCN(C(=O)[C@@H](N)CC3CCOCC3)CC2)CC1.Cl. The number of amides is 1. The van der Waals surface area contributed by atoms with Gasteiger partial charge in [0.1, 0.15) is 0 Å². The molecule has 3 heterocycles. The van der Waals surface area contributed by atoms with Crippen LogP contribution in [0.5, 0.6) is 0 Å². The molecule has 3 rings (SSSR count). The molecule has 0 spiro atoms. The molecular weight excluding hydrogens is 340 g/mol. The van der Waals surface area contributed by atoms with Crippen molar-refractivity contribution in [2.45, 2.75) is 44.2 Å². The van der Waals surface area contributed by atoms with E-state index in [2.05, 4.69) is 16.8 Å². The monoisotopic (exact) mass is 374 g/mol. The maximum Gasteiger partial charge on any atom is 0.239 e. The molecule has 146 valence electrons. The molecule has 0 aromatic carbocycles. The lowest BCUT2D eigenvalue weighted by atomic mass is 9.92. The van der Waals surface area contributed by atoms with Crippen molar-refractivity contribution < 1.29 is 9.53 Å². The molecule has 0 aliphatic carbocycles. The standard InChI is InChI=1S/C18H34N4O2.ClH/c1-20-6-2-16(3-7-20)21-8-10-22(11-9-21)18(23)17(19)14-15-4-12-24-13-5-15;/h15-17H,2-14,19H2,1H3;1H/t17-;/m0./s1. The summed E-state index contributed by atoms with van der Waals surface area (Å²) in [5, 5.41) is 0. The van der Waals surface area contributed by atoms with Crippen molar-refractivity contribution >= 4 is 18.3 Å². The highest BCUT2D eigenvalue weighted by Gasteiger charge is 2.30. The van der Waals surface area contributed by atoms with E-state index in [4.69, 9.17) is 10.5 Å². The molecule has 6 nitrogen and oxygen atoms in total. The minimum atomic E-state index is -0.331. The minimum Gasteiger partial charge on any atom is -0.381 e. The lowest BCUT2D eigenvalue weighted by Gasteiger charge is -2.42. The first-order chi connectivity index (χ1) is 11.6. The van der Waals surface area contributed by atoms with Gasteiger partial charge in [-0.1, -0.05) is 0 Å². The van der Waals surface area contributed by atoms with Crippen molar-refractivity contribution in [3.63, 3.8) is 0 Å². The van der Waals surface area contributed by atoms with Gasteiger partial charge in [-0.05, 0) is 58.2 Å². The molecule has 0 aromatic rings. The summed E-state index contributed by atoms with van der Waals surface area (Å²) < 4.78 is 5.39. The van der Waals surface area contributed by atoms with E-state index in [0.29, 0.717) is 12.0 Å². The Morgan fingerprint density at radius 1 is 1.04 bits per heavy atom. The second-order valence-electron chi connectivity index (χ2n) is 7.79. The van der Waals surface area contributed by atoms with Crippen molar-refractivity contribution in [2.75, 3.05) is 59.5 Å². The van der Waals surface area contributed by atoms with Crippen LogP contribution in [-0.2, 0) is 9.53 Å². The molecule has 2 N–H and O–H groups in total. The van der Waals surface area contributed by atoms with E-state index in [0.717, 1.165) is 58.7 Å². The van der Waals surface area contributed by atoms with Gasteiger partial charge in [0.05, 0.1) is 6.04 Å². The zero-order chi connectivity index (χ0) is 16.9. The molecule has 0 radical (unpaired) electrons. The van der Waals surface area contributed by atoms with Gasteiger partial charge in [-0.25, -0.2) is 0 Å². The average molecular weight is 375 g/mol. The molecule has 0 aromatic heterocycles. The molecule has 3 aliphatic rings. The van der Waals surface area contributed by atoms with E-state index in [1.54, 1.807) is 0 Å². The normalized spacial score (nSPS) is 26.2. The highest BCUT2D eigenvalue weighted by Crippen LogP contribution is 2.21. The van der Waals surface area contributed by atoms with E-state index in [1.807, 2.05) is 4.90 Å². The van der Waals surface area contributed by atoms with Crippen molar-refractivity contribution in [3.8, 4) is 0 Å². The lowest BCUT2D eigenvalue weighted by molar-refractivity contribution is -0.135. The van der Waals surface area contributed by atoms with Gasteiger partial charge in [0.25, 0.3) is 0 Å². The van der Waals surface area contributed by atoms with Crippen LogP contribution in [0.3, 0.4) is 0 Å². The molecule has 3 fully saturated rings. The summed E-state index contributed by atoms with van der Waals surface area (Å²) in [5.74, 6) is 0.711. The molecule has 3 aliphatic heterocycles. The molecule has 1 atom stereocenters. The number of nitrogens with zero attached hydrogens (tertiary/aromatic N) is 3. The number of piperidine rings is 1. The summed E-state index contributed by atoms with van der Waals surface area (Å²) in [5.41, 5.74) is 6.22. The molecule has 0 bridgehead atoms. The first-order valence-electron chi connectivity index (χ1n) is 9.68. The minimum absolute atomic E-state index is 0. The van der Waals surface area contributed by atoms with Crippen LogP contribution in [0.15, 0.2) is 0 Å². The fourth-order valence-corrected chi connectivity index (χ4v) is 4.34. The average Bonchev–Trinajstić information content (AvgIpc) is 2.63. The van der Waals surface area contributed by atoms with Gasteiger partial charge in [-0.15, -0.1) is 12.4 Å². The smallest absolute Gasteiger partial charge is 0.239 e. The highest BCUT2D eigenvalue weighted by atomic mass is 35.5. The second kappa shape index (κ2) is 10.1. The van der Waals surface area contributed by atoms with Gasteiger partial charge < -0.3 is 20.3 Å². The van der Waals surface area contributed by atoms with Crippen LogP contribution in [0.25, 0.3) is 0 Å². The van der Waals surface area contributed by atoms with Gasteiger partial charge >= 0.3 is 0 Å². The maximum atomic E-state index is 12.6. The fraction of sp³-hybridized carbons (Fsp3) is 0.944. The van der Waals surface area contributed by atoms with Gasteiger partial charge in [0, 0.05) is 45.4 Å². The number of carbonyl (C=O) groups excluding carboxylic acids is 1. The van der Waals surface area contributed by atoms with Gasteiger partial charge in [0.2, 0.25) is 5.91 Å². The van der Waals surface area contributed by atoms with Crippen molar-refractivity contribution in [3.05, 3.63) is 0 Å². The number of piperazine rings is 1. The molecule has 7 heteroatoms. The van der Waals surface area contributed by atoms with Crippen LogP contribution in [0, 0.1) is 5.92 Å². The topological polar surface area (TPSA) is 62.0 Å². The van der Waals surface area contributed by atoms with Crippen LogP contribution >= 0.6 is 12.4 Å². The summed E-state index contributed by atoms with van der Waals surface area (Å²) in [4.78, 5) is 19.6. The second-order valence-corrected chi connectivity index (χ2v) is 7.79. The molecule has 25 heavy (non-hydrogen) atoms. The van der Waals surface area contributed by atoms with Gasteiger partial charge in [0.15, 0.2) is 0 Å². The Balaban J connectivity index is 0.00000225. The first-order valence-corrected chi connectivity index (χ1v) is 9.68. The predicted molar refractivity (Wildman–Crippen MR) is 102 cm³/mol. The zero-order valence-corrected chi connectivity index (χ0v) is 16.4. The number of ether oxygens (including phenoxy) is 1. The third kappa shape index (κ3) is 5.79. The Morgan fingerprint density at radius 3 is 2.24 bits per heavy atom. The number of hydrogen-bond acceptors (Lipinski definition) is 5. The van der Waals surface area contributed by atoms with Crippen molar-refractivity contribution in [2.24, 2.45) is 11.7 Å². The van der Waals surface area contributed by atoms with Crippen LogP contribution < -0.4 is 5.73 Å². The zero-order valence-electron chi connectivity index (χ0n) is 15.6.